The van der Waals surface area contributed by atoms with Gasteiger partial charge in [-0.1, -0.05) is 6.07 Å². The predicted molar refractivity (Wildman–Crippen MR) is 71.0 cm³/mol. The summed E-state index contributed by atoms with van der Waals surface area (Å²) >= 11 is 0. The van der Waals surface area contributed by atoms with Gasteiger partial charge in [-0.3, -0.25) is 9.78 Å². The van der Waals surface area contributed by atoms with Gasteiger partial charge in [-0.05, 0) is 24.3 Å². The topological polar surface area (TPSA) is 33.2 Å². The smallest absolute Gasteiger partial charge is 0.228 e. The zero-order valence-electron chi connectivity index (χ0n) is 9.84. The van der Waals surface area contributed by atoms with Gasteiger partial charge in [0.05, 0.1) is 11.2 Å². The standard InChI is InChI=1S/C15H12N2O/c1-2-11-9-15(18)17(10-11)14-7-3-6-13-12(14)5-4-8-16-13/h1,3-8,11H,9-10H2. The summed E-state index contributed by atoms with van der Waals surface area (Å²) in [6.45, 7) is 0.601. The largest absolute Gasteiger partial charge is 0.310 e. The monoisotopic (exact) mass is 236 g/mol. The lowest BCUT2D eigenvalue weighted by atomic mass is 10.1. The quantitative estimate of drug-likeness (QED) is 0.711. The first-order valence-electron chi connectivity index (χ1n) is 5.90. The van der Waals surface area contributed by atoms with Crippen molar-refractivity contribution < 1.29 is 4.79 Å². The molecular formula is C15H12N2O. The third-order valence-electron chi connectivity index (χ3n) is 3.27. The molecule has 0 radical (unpaired) electrons. The van der Waals surface area contributed by atoms with Crippen LogP contribution in [0.1, 0.15) is 6.42 Å². The average molecular weight is 236 g/mol. The molecule has 1 aromatic heterocycles. The second-order valence-electron chi connectivity index (χ2n) is 4.42. The van der Waals surface area contributed by atoms with Gasteiger partial charge in [0.25, 0.3) is 0 Å². The van der Waals surface area contributed by atoms with E-state index in [0.717, 1.165) is 16.6 Å². The SMILES string of the molecule is C#CC1CC(=O)N(c2cccc3ncccc23)C1. The first-order chi connectivity index (χ1) is 8.79. The van der Waals surface area contributed by atoms with Crippen molar-refractivity contribution in [3.8, 4) is 12.3 Å². The van der Waals surface area contributed by atoms with E-state index in [9.17, 15) is 4.79 Å². The number of rotatable bonds is 1. The van der Waals surface area contributed by atoms with Crippen molar-refractivity contribution in [1.82, 2.24) is 4.98 Å². The molecule has 1 aliphatic rings. The number of benzene rings is 1. The van der Waals surface area contributed by atoms with E-state index in [4.69, 9.17) is 6.42 Å². The minimum absolute atomic E-state index is 0.0180. The van der Waals surface area contributed by atoms with Gasteiger partial charge in [0, 0.05) is 30.5 Å². The van der Waals surface area contributed by atoms with Crippen molar-refractivity contribution >= 4 is 22.5 Å². The predicted octanol–water partition coefficient (Wildman–Crippen LogP) is 2.22. The Bertz CT molecular complexity index is 652. The van der Waals surface area contributed by atoms with Gasteiger partial charge in [0.2, 0.25) is 5.91 Å². The van der Waals surface area contributed by atoms with Crippen LogP contribution in [0.15, 0.2) is 36.5 Å². The van der Waals surface area contributed by atoms with Gasteiger partial charge in [0.15, 0.2) is 0 Å². The van der Waals surface area contributed by atoms with E-state index in [1.54, 1.807) is 11.1 Å². The van der Waals surface area contributed by atoms with Crippen LogP contribution in [0.2, 0.25) is 0 Å². The summed E-state index contributed by atoms with van der Waals surface area (Å²) in [6, 6.07) is 9.67. The number of carbonyl (C=O) groups is 1. The zero-order valence-corrected chi connectivity index (χ0v) is 9.84. The number of anilines is 1. The highest BCUT2D eigenvalue weighted by atomic mass is 16.2. The Morgan fingerprint density at radius 3 is 3.00 bits per heavy atom. The van der Waals surface area contributed by atoms with Crippen molar-refractivity contribution in [3.05, 3.63) is 36.5 Å². The lowest BCUT2D eigenvalue weighted by Crippen LogP contribution is -2.24. The maximum atomic E-state index is 12.0. The molecule has 0 N–H and O–H groups in total. The molecule has 18 heavy (non-hydrogen) atoms. The molecule has 1 amide bonds. The Morgan fingerprint density at radius 2 is 2.22 bits per heavy atom. The van der Waals surface area contributed by atoms with Crippen molar-refractivity contribution in [2.45, 2.75) is 6.42 Å². The Kier molecular flexibility index (Phi) is 2.49. The molecule has 2 aromatic rings. The number of hydrogen-bond acceptors (Lipinski definition) is 2. The Morgan fingerprint density at radius 1 is 1.33 bits per heavy atom. The first kappa shape index (κ1) is 10.8. The lowest BCUT2D eigenvalue weighted by Gasteiger charge is -2.17. The number of carbonyl (C=O) groups excluding carboxylic acids is 1. The summed E-state index contributed by atoms with van der Waals surface area (Å²) in [5, 5.41) is 0.992. The van der Waals surface area contributed by atoms with Gasteiger partial charge in [-0.2, -0.15) is 0 Å². The van der Waals surface area contributed by atoms with E-state index < -0.39 is 0 Å². The molecule has 0 aliphatic carbocycles. The third-order valence-corrected chi connectivity index (χ3v) is 3.27. The van der Waals surface area contributed by atoms with Crippen LogP contribution in [0.4, 0.5) is 5.69 Å². The molecule has 88 valence electrons. The van der Waals surface area contributed by atoms with Gasteiger partial charge < -0.3 is 4.90 Å². The maximum absolute atomic E-state index is 12.0. The second kappa shape index (κ2) is 4.15. The highest BCUT2D eigenvalue weighted by Gasteiger charge is 2.30. The molecule has 1 fully saturated rings. The number of pyridine rings is 1. The van der Waals surface area contributed by atoms with Crippen LogP contribution in [0.5, 0.6) is 0 Å². The summed E-state index contributed by atoms with van der Waals surface area (Å²) in [6.07, 6.45) is 7.60. The molecule has 3 rings (SSSR count). The molecule has 2 heterocycles. The van der Waals surface area contributed by atoms with Crippen molar-refractivity contribution in [2.75, 3.05) is 11.4 Å². The van der Waals surface area contributed by atoms with E-state index in [-0.39, 0.29) is 11.8 Å². The van der Waals surface area contributed by atoms with Gasteiger partial charge >= 0.3 is 0 Å². The fourth-order valence-electron chi connectivity index (χ4n) is 2.37. The number of fused-ring (bicyclic) bond motifs is 1. The molecule has 1 unspecified atom stereocenters. The van der Waals surface area contributed by atoms with E-state index in [1.807, 2.05) is 30.3 Å². The molecular weight excluding hydrogens is 224 g/mol. The zero-order chi connectivity index (χ0) is 12.5. The second-order valence-corrected chi connectivity index (χ2v) is 4.42. The molecule has 0 spiro atoms. The van der Waals surface area contributed by atoms with Crippen LogP contribution < -0.4 is 4.90 Å². The summed E-state index contributed by atoms with van der Waals surface area (Å²) < 4.78 is 0. The molecule has 3 nitrogen and oxygen atoms in total. The average Bonchev–Trinajstić information content (AvgIpc) is 2.79. The normalized spacial score (nSPS) is 19.2. The summed E-state index contributed by atoms with van der Waals surface area (Å²) in [5.41, 5.74) is 1.80. The van der Waals surface area contributed by atoms with Gasteiger partial charge in [-0.25, -0.2) is 0 Å². The Labute approximate surface area is 105 Å². The van der Waals surface area contributed by atoms with Crippen molar-refractivity contribution in [1.29, 1.82) is 0 Å². The number of terminal acetylenes is 1. The van der Waals surface area contributed by atoms with Gasteiger partial charge in [0.1, 0.15) is 0 Å². The van der Waals surface area contributed by atoms with Crippen molar-refractivity contribution in [2.24, 2.45) is 5.92 Å². The highest BCUT2D eigenvalue weighted by Crippen LogP contribution is 2.30. The minimum Gasteiger partial charge on any atom is -0.310 e. The van der Waals surface area contributed by atoms with E-state index in [1.165, 1.54) is 0 Å². The van der Waals surface area contributed by atoms with Crippen LogP contribution in [0.3, 0.4) is 0 Å². The van der Waals surface area contributed by atoms with Crippen LogP contribution in [0.25, 0.3) is 10.9 Å². The number of aromatic nitrogens is 1. The third kappa shape index (κ3) is 1.63. The fourth-order valence-corrected chi connectivity index (χ4v) is 2.37. The molecule has 3 heteroatoms. The van der Waals surface area contributed by atoms with Crippen LogP contribution in [-0.2, 0) is 4.79 Å². The van der Waals surface area contributed by atoms with Crippen LogP contribution in [-0.4, -0.2) is 17.4 Å². The Hall–Kier alpha value is -2.34. The first-order valence-corrected chi connectivity index (χ1v) is 5.90. The molecule has 1 saturated heterocycles. The fraction of sp³-hybridized carbons (Fsp3) is 0.200. The number of hydrogen-bond donors (Lipinski definition) is 0. The van der Waals surface area contributed by atoms with Crippen LogP contribution >= 0.6 is 0 Å². The number of amides is 1. The minimum atomic E-state index is 0.0180. The molecule has 1 aliphatic heterocycles. The van der Waals surface area contributed by atoms with Crippen molar-refractivity contribution in [3.63, 3.8) is 0 Å². The number of nitrogens with zero attached hydrogens (tertiary/aromatic N) is 2. The molecule has 1 atom stereocenters. The Balaban J connectivity index is 2.10. The van der Waals surface area contributed by atoms with E-state index >= 15 is 0 Å². The summed E-state index contributed by atoms with van der Waals surface area (Å²) in [4.78, 5) is 18.1. The van der Waals surface area contributed by atoms with Gasteiger partial charge in [-0.15, -0.1) is 12.3 Å². The maximum Gasteiger partial charge on any atom is 0.228 e. The lowest BCUT2D eigenvalue weighted by molar-refractivity contribution is -0.117. The summed E-state index contributed by atoms with van der Waals surface area (Å²) in [5.74, 6) is 2.77. The highest BCUT2D eigenvalue weighted by molar-refractivity contribution is 6.04. The van der Waals surface area contributed by atoms with Crippen LogP contribution in [0, 0.1) is 18.3 Å². The summed E-state index contributed by atoms with van der Waals surface area (Å²) in [7, 11) is 0. The molecule has 1 aromatic carbocycles. The molecule has 0 bridgehead atoms. The van der Waals surface area contributed by atoms with E-state index in [0.29, 0.717) is 13.0 Å². The van der Waals surface area contributed by atoms with E-state index in [2.05, 4.69) is 10.9 Å². The molecule has 0 saturated carbocycles.